The average molecular weight is 424 g/mol. The molecule has 162 valence electrons. The van der Waals surface area contributed by atoms with E-state index >= 15 is 0 Å². The van der Waals surface area contributed by atoms with Gasteiger partial charge in [-0.1, -0.05) is 6.07 Å². The van der Waals surface area contributed by atoms with Gasteiger partial charge in [-0.2, -0.15) is 0 Å². The van der Waals surface area contributed by atoms with Crippen LogP contribution in [-0.2, 0) is 11.3 Å². The maximum absolute atomic E-state index is 12.3. The lowest BCUT2D eigenvalue weighted by atomic mass is 10.1. The Kier molecular flexibility index (Phi) is 6.83. The number of carboxylic acids is 1. The van der Waals surface area contributed by atoms with E-state index in [0.29, 0.717) is 36.0 Å². The molecule has 8 N–H and O–H groups in total. The monoisotopic (exact) mass is 424 g/mol. The van der Waals surface area contributed by atoms with Crippen molar-refractivity contribution in [2.45, 2.75) is 25.4 Å². The van der Waals surface area contributed by atoms with E-state index in [1.807, 2.05) is 6.07 Å². The number of aliphatic carboxylic acids is 1. The summed E-state index contributed by atoms with van der Waals surface area (Å²) in [5, 5.41) is 15.4. The third-order valence-electron chi connectivity index (χ3n) is 4.73. The second-order valence-corrected chi connectivity index (χ2v) is 7.03. The van der Waals surface area contributed by atoms with Gasteiger partial charge in [-0.3, -0.25) is 14.6 Å². The van der Waals surface area contributed by atoms with E-state index < -0.39 is 17.9 Å². The maximum Gasteiger partial charge on any atom is 0.326 e. The number of carbonyl (C=O) groups excluding carboxylic acids is 1. The molecule has 1 unspecified atom stereocenters. The summed E-state index contributed by atoms with van der Waals surface area (Å²) in [5.41, 5.74) is 13.2. The van der Waals surface area contributed by atoms with Crippen LogP contribution in [0.2, 0.25) is 0 Å². The fraction of sp³-hybridized carbons (Fsp3) is 0.238. The van der Waals surface area contributed by atoms with Crippen molar-refractivity contribution < 1.29 is 14.7 Å². The van der Waals surface area contributed by atoms with Crippen LogP contribution >= 0.6 is 0 Å². The molecule has 0 fully saturated rings. The Morgan fingerprint density at radius 1 is 1.16 bits per heavy atom. The molecular weight excluding hydrogens is 400 g/mol. The molecule has 10 nitrogen and oxygen atoms in total. The molecule has 1 amide bonds. The van der Waals surface area contributed by atoms with Crippen LogP contribution in [0.5, 0.6) is 0 Å². The van der Waals surface area contributed by atoms with Crippen LogP contribution in [0.3, 0.4) is 0 Å². The van der Waals surface area contributed by atoms with E-state index in [2.05, 4.69) is 20.6 Å². The number of amides is 1. The zero-order chi connectivity index (χ0) is 22.4. The van der Waals surface area contributed by atoms with Crippen molar-refractivity contribution in [1.29, 1.82) is 0 Å². The van der Waals surface area contributed by atoms with Crippen molar-refractivity contribution in [3.63, 3.8) is 0 Å². The van der Waals surface area contributed by atoms with Gasteiger partial charge in [0.2, 0.25) is 5.95 Å². The highest BCUT2D eigenvalue weighted by Gasteiger charge is 2.19. The highest BCUT2D eigenvalue weighted by atomic mass is 16.4. The van der Waals surface area contributed by atoms with Crippen LogP contribution in [-0.4, -0.2) is 39.5 Å². The molecule has 0 radical (unpaired) electrons. The van der Waals surface area contributed by atoms with Crippen molar-refractivity contribution in [2.75, 3.05) is 17.6 Å². The third kappa shape index (κ3) is 5.58. The molecule has 3 rings (SSSR count). The Labute approximate surface area is 177 Å². The molecule has 0 aliphatic heterocycles. The first-order valence-electron chi connectivity index (χ1n) is 9.73. The average Bonchev–Trinajstić information content (AvgIpc) is 2.75. The Morgan fingerprint density at radius 2 is 1.90 bits per heavy atom. The second-order valence-electron chi connectivity index (χ2n) is 7.03. The lowest BCUT2D eigenvalue weighted by molar-refractivity contribution is -0.139. The number of nitrogens with zero attached hydrogens (tertiary/aromatic N) is 1. The summed E-state index contributed by atoms with van der Waals surface area (Å²) in [7, 11) is 0. The van der Waals surface area contributed by atoms with Gasteiger partial charge in [0.15, 0.2) is 0 Å². The van der Waals surface area contributed by atoms with Crippen molar-refractivity contribution in [3.8, 4) is 0 Å². The van der Waals surface area contributed by atoms with Gasteiger partial charge in [-0.05, 0) is 61.3 Å². The van der Waals surface area contributed by atoms with Gasteiger partial charge in [0, 0.05) is 17.8 Å². The predicted octanol–water partition coefficient (Wildman–Crippen LogP) is 1.04. The molecule has 2 aromatic carbocycles. The van der Waals surface area contributed by atoms with Crippen LogP contribution in [0.15, 0.2) is 47.3 Å². The van der Waals surface area contributed by atoms with Gasteiger partial charge in [0.1, 0.15) is 6.04 Å². The number of rotatable bonds is 9. The number of carbonyl (C=O) groups is 2. The van der Waals surface area contributed by atoms with Gasteiger partial charge in [0.05, 0.1) is 10.9 Å². The Morgan fingerprint density at radius 3 is 2.58 bits per heavy atom. The minimum atomic E-state index is -1.09. The van der Waals surface area contributed by atoms with Gasteiger partial charge in [0.25, 0.3) is 11.5 Å². The Hall–Kier alpha value is -3.92. The minimum Gasteiger partial charge on any atom is -0.480 e. The first-order chi connectivity index (χ1) is 14.9. The number of carboxylic acid groups (broad SMARTS) is 1. The van der Waals surface area contributed by atoms with E-state index in [1.165, 1.54) is 0 Å². The molecule has 31 heavy (non-hydrogen) atoms. The number of aromatic amines is 1. The summed E-state index contributed by atoms with van der Waals surface area (Å²) >= 11 is 0. The number of nitrogens with one attached hydrogen (secondary N) is 3. The molecule has 0 aliphatic carbocycles. The van der Waals surface area contributed by atoms with Crippen molar-refractivity contribution in [3.05, 3.63) is 63.9 Å². The topological polar surface area (TPSA) is 176 Å². The highest BCUT2D eigenvalue weighted by molar-refractivity contribution is 5.96. The van der Waals surface area contributed by atoms with E-state index in [1.54, 1.807) is 36.4 Å². The van der Waals surface area contributed by atoms with Crippen LogP contribution in [0.1, 0.15) is 28.8 Å². The molecule has 0 saturated carbocycles. The van der Waals surface area contributed by atoms with Crippen LogP contribution in [0, 0.1) is 0 Å². The summed E-state index contributed by atoms with van der Waals surface area (Å²) in [5.74, 6) is -1.48. The molecule has 0 saturated heterocycles. The van der Waals surface area contributed by atoms with Crippen LogP contribution in [0.4, 0.5) is 11.6 Å². The lowest BCUT2D eigenvalue weighted by Gasteiger charge is -2.14. The number of hydrogen-bond donors (Lipinski definition) is 6. The van der Waals surface area contributed by atoms with E-state index in [9.17, 15) is 19.5 Å². The summed E-state index contributed by atoms with van der Waals surface area (Å²) in [4.78, 5) is 42.2. The molecule has 0 aliphatic rings. The smallest absolute Gasteiger partial charge is 0.326 e. The van der Waals surface area contributed by atoms with Crippen LogP contribution < -0.4 is 27.7 Å². The van der Waals surface area contributed by atoms with E-state index in [0.717, 1.165) is 11.3 Å². The molecule has 1 atom stereocenters. The Bertz CT molecular complexity index is 1140. The van der Waals surface area contributed by atoms with E-state index in [-0.39, 0.29) is 17.9 Å². The van der Waals surface area contributed by atoms with Crippen molar-refractivity contribution in [2.24, 2.45) is 5.73 Å². The third-order valence-corrected chi connectivity index (χ3v) is 4.73. The standard InChI is InChI=1S/C21H24N6O4/c22-9-1-2-17(20(30)31)25-18(28)13-4-6-14(7-5-13)24-11-12-3-8-16-15(10-12)19(29)27-21(23)26-16/h3-8,10,17,24H,1-2,9,11,22H2,(H,25,28)(H,30,31)(H3,23,26,27,29). The van der Waals surface area contributed by atoms with Crippen molar-refractivity contribution in [1.82, 2.24) is 15.3 Å². The first kappa shape index (κ1) is 21.8. The zero-order valence-electron chi connectivity index (χ0n) is 16.7. The van der Waals surface area contributed by atoms with E-state index in [4.69, 9.17) is 11.5 Å². The number of hydrogen-bond acceptors (Lipinski definition) is 7. The maximum atomic E-state index is 12.3. The predicted molar refractivity (Wildman–Crippen MR) is 118 cm³/mol. The minimum absolute atomic E-state index is 0.0709. The second kappa shape index (κ2) is 9.72. The summed E-state index contributed by atoms with van der Waals surface area (Å²) in [6.07, 6.45) is 0.776. The molecular formula is C21H24N6O4. The van der Waals surface area contributed by atoms with Gasteiger partial charge < -0.3 is 27.2 Å². The fourth-order valence-electron chi connectivity index (χ4n) is 3.08. The first-order valence-corrected chi connectivity index (χ1v) is 9.73. The van der Waals surface area contributed by atoms with Crippen molar-refractivity contribution >= 4 is 34.4 Å². The number of anilines is 2. The fourth-order valence-corrected chi connectivity index (χ4v) is 3.08. The van der Waals surface area contributed by atoms with Gasteiger partial charge >= 0.3 is 5.97 Å². The number of aromatic nitrogens is 2. The number of benzene rings is 2. The molecule has 1 heterocycles. The molecule has 1 aromatic heterocycles. The zero-order valence-corrected chi connectivity index (χ0v) is 16.7. The summed E-state index contributed by atoms with van der Waals surface area (Å²) in [6, 6.07) is 11.0. The highest BCUT2D eigenvalue weighted by Crippen LogP contribution is 2.15. The Balaban J connectivity index is 1.63. The quantitative estimate of drug-likeness (QED) is 0.295. The van der Waals surface area contributed by atoms with Crippen LogP contribution in [0.25, 0.3) is 10.9 Å². The molecule has 3 aromatic rings. The normalized spacial score (nSPS) is 11.8. The largest absolute Gasteiger partial charge is 0.480 e. The number of H-pyrrole nitrogens is 1. The lowest BCUT2D eigenvalue weighted by Crippen LogP contribution is -2.41. The molecule has 0 spiro atoms. The van der Waals surface area contributed by atoms with Gasteiger partial charge in [-0.15, -0.1) is 0 Å². The summed E-state index contributed by atoms with van der Waals surface area (Å²) in [6.45, 7) is 0.807. The summed E-state index contributed by atoms with van der Waals surface area (Å²) < 4.78 is 0. The molecule has 0 bridgehead atoms. The number of nitrogens with two attached hydrogens (primary N) is 2. The SMILES string of the molecule is NCCCC(NC(=O)c1ccc(NCc2ccc3nc(N)[nH]c(=O)c3c2)cc1)C(=O)O. The number of fused-ring (bicyclic) bond motifs is 1. The number of nitrogen functional groups attached to an aromatic ring is 1. The van der Waals surface area contributed by atoms with Gasteiger partial charge in [-0.25, -0.2) is 9.78 Å². The molecule has 10 heteroatoms.